The normalized spacial score (nSPS) is 10.2. The Morgan fingerprint density at radius 2 is 1.67 bits per heavy atom. The number of carbonyl (C=O) groups is 1. The predicted octanol–water partition coefficient (Wildman–Crippen LogP) is 3.63. The van der Waals surface area contributed by atoms with Gasteiger partial charge in [-0.15, -0.1) is 0 Å². The van der Waals surface area contributed by atoms with Gasteiger partial charge in [-0.25, -0.2) is 8.78 Å². The van der Waals surface area contributed by atoms with E-state index in [1.807, 2.05) is 0 Å². The van der Waals surface area contributed by atoms with E-state index in [1.165, 1.54) is 31.2 Å². The molecule has 0 saturated heterocycles. The van der Waals surface area contributed by atoms with Crippen LogP contribution in [0.4, 0.5) is 8.78 Å². The van der Waals surface area contributed by atoms with Gasteiger partial charge in [0.15, 0.2) is 17.3 Å². The van der Waals surface area contributed by atoms with Crippen LogP contribution in [-0.2, 0) is 0 Å². The van der Waals surface area contributed by atoms with E-state index in [4.69, 9.17) is 9.47 Å². The Morgan fingerprint density at radius 3 is 2.33 bits per heavy atom. The summed E-state index contributed by atoms with van der Waals surface area (Å²) >= 11 is 0. The van der Waals surface area contributed by atoms with Gasteiger partial charge in [-0.05, 0) is 37.3 Å². The number of ether oxygens (including phenoxy) is 2. The average Bonchev–Trinajstić information content (AvgIpc) is 2.46. The predicted molar refractivity (Wildman–Crippen MR) is 73.8 cm³/mol. The van der Waals surface area contributed by atoms with Crippen LogP contribution in [0, 0.1) is 11.6 Å². The fraction of sp³-hybridized carbons (Fsp3) is 0.188. The van der Waals surface area contributed by atoms with Crippen LogP contribution in [0.3, 0.4) is 0 Å². The minimum Gasteiger partial charge on any atom is -0.489 e. The lowest BCUT2D eigenvalue weighted by Gasteiger charge is -2.11. The fourth-order valence-electron chi connectivity index (χ4n) is 1.77. The summed E-state index contributed by atoms with van der Waals surface area (Å²) in [5.41, 5.74) is 0.167. The molecule has 0 spiro atoms. The van der Waals surface area contributed by atoms with Crippen LogP contribution in [-0.4, -0.2) is 19.0 Å². The smallest absolute Gasteiger partial charge is 0.165 e. The van der Waals surface area contributed by atoms with Crippen LogP contribution in [0.2, 0.25) is 0 Å². The zero-order chi connectivity index (χ0) is 15.2. The van der Waals surface area contributed by atoms with E-state index in [2.05, 4.69) is 0 Å². The van der Waals surface area contributed by atoms with Gasteiger partial charge in [-0.2, -0.15) is 0 Å². The first-order valence-electron chi connectivity index (χ1n) is 6.38. The van der Waals surface area contributed by atoms with Crippen molar-refractivity contribution in [3.63, 3.8) is 0 Å². The molecule has 110 valence electrons. The van der Waals surface area contributed by atoms with E-state index in [1.54, 1.807) is 12.1 Å². The number of ketones is 1. The molecular weight excluding hydrogens is 278 g/mol. The molecule has 0 aliphatic carbocycles. The molecule has 3 nitrogen and oxygen atoms in total. The fourth-order valence-corrected chi connectivity index (χ4v) is 1.77. The van der Waals surface area contributed by atoms with Crippen molar-refractivity contribution >= 4 is 5.78 Å². The largest absolute Gasteiger partial charge is 0.489 e. The molecule has 2 aromatic rings. The molecule has 0 unspecified atom stereocenters. The second-order valence-electron chi connectivity index (χ2n) is 4.32. The SMILES string of the molecule is CC(=O)c1cc(F)ccc1OCCOc1ccccc1F. The monoisotopic (exact) mass is 292 g/mol. The number of hydrogen-bond acceptors (Lipinski definition) is 3. The minimum absolute atomic E-state index is 0.107. The number of para-hydroxylation sites is 1. The number of Topliss-reactive ketones (excluding diaryl/α,β-unsaturated/α-hetero) is 1. The molecule has 0 heterocycles. The maximum Gasteiger partial charge on any atom is 0.165 e. The zero-order valence-corrected chi connectivity index (χ0v) is 11.4. The third-order valence-electron chi connectivity index (χ3n) is 2.76. The van der Waals surface area contributed by atoms with Crippen molar-refractivity contribution in [3.05, 3.63) is 59.7 Å². The van der Waals surface area contributed by atoms with Crippen LogP contribution in [0.15, 0.2) is 42.5 Å². The lowest BCUT2D eigenvalue weighted by atomic mass is 10.1. The van der Waals surface area contributed by atoms with E-state index < -0.39 is 11.6 Å². The molecule has 0 amide bonds. The first kappa shape index (κ1) is 15.0. The second-order valence-corrected chi connectivity index (χ2v) is 4.32. The van der Waals surface area contributed by atoms with Crippen molar-refractivity contribution in [2.75, 3.05) is 13.2 Å². The van der Waals surface area contributed by atoms with Crippen molar-refractivity contribution in [2.24, 2.45) is 0 Å². The van der Waals surface area contributed by atoms with Crippen molar-refractivity contribution in [1.29, 1.82) is 0 Å². The molecule has 0 N–H and O–H groups in total. The summed E-state index contributed by atoms with van der Waals surface area (Å²) < 4.78 is 37.0. The third kappa shape index (κ3) is 4.02. The van der Waals surface area contributed by atoms with Crippen LogP contribution in [0.5, 0.6) is 11.5 Å². The molecule has 0 atom stereocenters. The Labute approximate surface area is 121 Å². The molecular formula is C16H14F2O3. The molecule has 2 aromatic carbocycles. The van der Waals surface area contributed by atoms with Gasteiger partial charge in [-0.1, -0.05) is 12.1 Å². The van der Waals surface area contributed by atoms with Gasteiger partial charge in [0.25, 0.3) is 0 Å². The van der Waals surface area contributed by atoms with Crippen LogP contribution in [0.25, 0.3) is 0 Å². The lowest BCUT2D eigenvalue weighted by Crippen LogP contribution is -2.11. The van der Waals surface area contributed by atoms with E-state index in [-0.39, 0.29) is 36.1 Å². The average molecular weight is 292 g/mol. The first-order valence-corrected chi connectivity index (χ1v) is 6.38. The highest BCUT2D eigenvalue weighted by atomic mass is 19.1. The van der Waals surface area contributed by atoms with Crippen molar-refractivity contribution in [3.8, 4) is 11.5 Å². The number of benzene rings is 2. The molecule has 5 heteroatoms. The van der Waals surface area contributed by atoms with Crippen molar-refractivity contribution in [1.82, 2.24) is 0 Å². The van der Waals surface area contributed by atoms with E-state index >= 15 is 0 Å². The Balaban J connectivity index is 1.92. The standard InChI is InChI=1S/C16H14F2O3/c1-11(19)13-10-12(17)6-7-15(13)20-8-9-21-16-5-3-2-4-14(16)18/h2-7,10H,8-9H2,1H3. The summed E-state index contributed by atoms with van der Waals surface area (Å²) in [5.74, 6) is -0.841. The Bertz CT molecular complexity index is 641. The molecule has 0 aromatic heterocycles. The van der Waals surface area contributed by atoms with Gasteiger partial charge < -0.3 is 9.47 Å². The molecule has 0 saturated carbocycles. The molecule has 0 aliphatic heterocycles. The quantitative estimate of drug-likeness (QED) is 0.602. The van der Waals surface area contributed by atoms with Gasteiger partial charge in [0.05, 0.1) is 5.56 Å². The van der Waals surface area contributed by atoms with Crippen LogP contribution >= 0.6 is 0 Å². The highest BCUT2D eigenvalue weighted by Gasteiger charge is 2.10. The summed E-state index contributed by atoms with van der Waals surface area (Å²) in [5, 5.41) is 0. The Hall–Kier alpha value is -2.43. The Kier molecular flexibility index (Phi) is 4.87. The number of carbonyl (C=O) groups excluding carboxylic acids is 1. The van der Waals surface area contributed by atoms with Gasteiger partial charge in [0, 0.05) is 0 Å². The molecule has 0 aliphatic rings. The molecule has 0 bridgehead atoms. The van der Waals surface area contributed by atoms with E-state index in [0.717, 1.165) is 6.07 Å². The highest BCUT2D eigenvalue weighted by Crippen LogP contribution is 2.20. The van der Waals surface area contributed by atoms with Gasteiger partial charge in [0.1, 0.15) is 24.8 Å². The summed E-state index contributed by atoms with van der Waals surface area (Å²) in [6.07, 6.45) is 0. The Morgan fingerprint density at radius 1 is 1.00 bits per heavy atom. The molecule has 0 radical (unpaired) electrons. The maximum atomic E-state index is 13.3. The van der Waals surface area contributed by atoms with Crippen LogP contribution in [0.1, 0.15) is 17.3 Å². The molecule has 21 heavy (non-hydrogen) atoms. The minimum atomic E-state index is -0.504. The summed E-state index contributed by atoms with van der Waals surface area (Å²) in [6.45, 7) is 1.55. The van der Waals surface area contributed by atoms with Crippen molar-refractivity contribution < 1.29 is 23.0 Å². The number of halogens is 2. The van der Waals surface area contributed by atoms with Gasteiger partial charge >= 0.3 is 0 Å². The second kappa shape index (κ2) is 6.83. The number of rotatable bonds is 6. The first-order chi connectivity index (χ1) is 10.1. The van der Waals surface area contributed by atoms with E-state index in [0.29, 0.717) is 0 Å². The lowest BCUT2D eigenvalue weighted by molar-refractivity contribution is 0.101. The van der Waals surface area contributed by atoms with Gasteiger partial charge in [0.2, 0.25) is 0 Å². The maximum absolute atomic E-state index is 13.3. The van der Waals surface area contributed by atoms with Crippen molar-refractivity contribution in [2.45, 2.75) is 6.92 Å². The third-order valence-corrected chi connectivity index (χ3v) is 2.76. The topological polar surface area (TPSA) is 35.5 Å². The molecule has 2 rings (SSSR count). The zero-order valence-electron chi connectivity index (χ0n) is 11.4. The van der Waals surface area contributed by atoms with E-state index in [9.17, 15) is 13.6 Å². The number of hydrogen-bond donors (Lipinski definition) is 0. The summed E-state index contributed by atoms with van der Waals surface area (Å²) in [6, 6.07) is 9.74. The molecule has 0 fully saturated rings. The van der Waals surface area contributed by atoms with Gasteiger partial charge in [-0.3, -0.25) is 4.79 Å². The summed E-state index contributed by atoms with van der Waals surface area (Å²) in [4.78, 5) is 11.4. The van der Waals surface area contributed by atoms with Crippen LogP contribution < -0.4 is 9.47 Å². The highest BCUT2D eigenvalue weighted by molar-refractivity contribution is 5.96. The summed E-state index contributed by atoms with van der Waals surface area (Å²) in [7, 11) is 0.